The maximum atomic E-state index is 9.55. The lowest BCUT2D eigenvalue weighted by atomic mass is 9.80. The van der Waals surface area contributed by atoms with E-state index in [0.29, 0.717) is 11.8 Å². The summed E-state index contributed by atoms with van der Waals surface area (Å²) in [6.07, 6.45) is 3.09. The van der Waals surface area contributed by atoms with Gasteiger partial charge in [-0.05, 0) is 30.8 Å². The Hall–Kier alpha value is -0.300. The first-order valence-electron chi connectivity index (χ1n) is 3.97. The van der Waals surface area contributed by atoms with Crippen molar-refractivity contribution in [2.75, 3.05) is 0 Å². The number of hydrogen-bond acceptors (Lipinski definition) is 1. The first-order chi connectivity index (χ1) is 4.63. The molecule has 0 aliphatic heterocycles. The summed E-state index contributed by atoms with van der Waals surface area (Å²) in [6.45, 7) is 6.32. The molecule has 0 saturated heterocycles. The van der Waals surface area contributed by atoms with Gasteiger partial charge in [-0.1, -0.05) is 19.9 Å². The average molecular weight is 140 g/mol. The van der Waals surface area contributed by atoms with Gasteiger partial charge in [-0.25, -0.2) is 0 Å². The molecule has 1 nitrogen and oxygen atoms in total. The van der Waals surface area contributed by atoms with Gasteiger partial charge >= 0.3 is 0 Å². The molecule has 1 aliphatic rings. The first-order valence-corrected chi connectivity index (χ1v) is 3.97. The average Bonchev–Trinajstić information content (AvgIpc) is 1.93. The molecule has 0 aromatic heterocycles. The van der Waals surface area contributed by atoms with E-state index in [1.165, 1.54) is 0 Å². The SMILES string of the molecule is CC1=CCC(C)C(C)C1O. The van der Waals surface area contributed by atoms with Crippen LogP contribution in [0.15, 0.2) is 11.6 Å². The summed E-state index contributed by atoms with van der Waals surface area (Å²) < 4.78 is 0. The van der Waals surface area contributed by atoms with Crippen LogP contribution in [0.2, 0.25) is 0 Å². The zero-order valence-electron chi connectivity index (χ0n) is 6.96. The smallest absolute Gasteiger partial charge is 0.0775 e. The quantitative estimate of drug-likeness (QED) is 0.510. The minimum Gasteiger partial charge on any atom is -0.388 e. The topological polar surface area (TPSA) is 20.2 Å². The van der Waals surface area contributed by atoms with Gasteiger partial charge in [-0.2, -0.15) is 0 Å². The predicted molar refractivity (Wildman–Crippen MR) is 42.7 cm³/mol. The largest absolute Gasteiger partial charge is 0.388 e. The number of aliphatic hydroxyl groups excluding tert-OH is 1. The summed E-state index contributed by atoms with van der Waals surface area (Å²) in [4.78, 5) is 0. The molecule has 1 aliphatic carbocycles. The Morgan fingerprint density at radius 1 is 1.50 bits per heavy atom. The summed E-state index contributed by atoms with van der Waals surface area (Å²) in [5.41, 5.74) is 1.14. The Kier molecular flexibility index (Phi) is 2.14. The van der Waals surface area contributed by atoms with Gasteiger partial charge in [-0.15, -0.1) is 0 Å². The molecule has 0 fully saturated rings. The maximum Gasteiger partial charge on any atom is 0.0775 e. The van der Waals surface area contributed by atoms with Crippen molar-refractivity contribution in [2.45, 2.75) is 33.3 Å². The van der Waals surface area contributed by atoms with Crippen LogP contribution in [0.1, 0.15) is 27.2 Å². The van der Waals surface area contributed by atoms with E-state index in [2.05, 4.69) is 19.9 Å². The fourth-order valence-corrected chi connectivity index (χ4v) is 1.43. The van der Waals surface area contributed by atoms with Gasteiger partial charge in [0.25, 0.3) is 0 Å². The minimum atomic E-state index is -0.191. The van der Waals surface area contributed by atoms with Crippen LogP contribution in [-0.2, 0) is 0 Å². The molecule has 0 aromatic rings. The zero-order chi connectivity index (χ0) is 7.72. The van der Waals surface area contributed by atoms with Crippen LogP contribution in [0.25, 0.3) is 0 Å². The maximum absolute atomic E-state index is 9.55. The van der Waals surface area contributed by atoms with Crippen molar-refractivity contribution in [3.8, 4) is 0 Å². The number of hydrogen-bond donors (Lipinski definition) is 1. The van der Waals surface area contributed by atoms with E-state index in [-0.39, 0.29) is 6.10 Å². The van der Waals surface area contributed by atoms with Crippen molar-refractivity contribution in [3.05, 3.63) is 11.6 Å². The molecule has 0 saturated carbocycles. The minimum absolute atomic E-state index is 0.191. The molecular formula is C9H16O. The molecule has 1 N–H and O–H groups in total. The van der Waals surface area contributed by atoms with Crippen LogP contribution < -0.4 is 0 Å². The second kappa shape index (κ2) is 2.75. The fraction of sp³-hybridized carbons (Fsp3) is 0.778. The summed E-state index contributed by atoms with van der Waals surface area (Å²) in [6, 6.07) is 0. The lowest BCUT2D eigenvalue weighted by molar-refractivity contribution is 0.109. The van der Waals surface area contributed by atoms with Crippen molar-refractivity contribution >= 4 is 0 Å². The molecule has 1 rings (SSSR count). The first kappa shape index (κ1) is 7.80. The molecule has 0 heterocycles. The summed E-state index contributed by atoms with van der Waals surface area (Å²) >= 11 is 0. The van der Waals surface area contributed by atoms with Crippen LogP contribution in [0.3, 0.4) is 0 Å². The van der Waals surface area contributed by atoms with Gasteiger partial charge < -0.3 is 5.11 Å². The second-order valence-corrected chi connectivity index (χ2v) is 3.47. The zero-order valence-corrected chi connectivity index (χ0v) is 6.96. The molecule has 1 heteroatoms. The van der Waals surface area contributed by atoms with E-state index in [1.807, 2.05) is 6.92 Å². The molecule has 0 amide bonds. The Labute approximate surface area is 62.8 Å². The monoisotopic (exact) mass is 140 g/mol. The van der Waals surface area contributed by atoms with Crippen LogP contribution in [-0.4, -0.2) is 11.2 Å². The summed E-state index contributed by atoms with van der Waals surface area (Å²) in [5.74, 6) is 1.07. The predicted octanol–water partition coefficient (Wildman–Crippen LogP) is 1.97. The molecule has 58 valence electrons. The van der Waals surface area contributed by atoms with Crippen LogP contribution >= 0.6 is 0 Å². The van der Waals surface area contributed by atoms with Crippen molar-refractivity contribution in [3.63, 3.8) is 0 Å². The van der Waals surface area contributed by atoms with Gasteiger partial charge in [-0.3, -0.25) is 0 Å². The van der Waals surface area contributed by atoms with E-state index in [4.69, 9.17) is 0 Å². The highest BCUT2D eigenvalue weighted by Gasteiger charge is 2.24. The van der Waals surface area contributed by atoms with E-state index < -0.39 is 0 Å². The van der Waals surface area contributed by atoms with Crippen molar-refractivity contribution in [1.29, 1.82) is 0 Å². The van der Waals surface area contributed by atoms with Gasteiger partial charge in [0.15, 0.2) is 0 Å². The van der Waals surface area contributed by atoms with Crippen molar-refractivity contribution in [1.82, 2.24) is 0 Å². The standard InChI is InChI=1S/C9H16O/c1-6-4-5-7(2)9(10)8(6)3/h5-6,8-10H,4H2,1-3H3. The normalized spacial score (nSPS) is 41.2. The van der Waals surface area contributed by atoms with E-state index in [0.717, 1.165) is 12.0 Å². The number of aliphatic hydroxyl groups is 1. The second-order valence-electron chi connectivity index (χ2n) is 3.47. The fourth-order valence-electron chi connectivity index (χ4n) is 1.43. The van der Waals surface area contributed by atoms with E-state index in [1.54, 1.807) is 0 Å². The Morgan fingerprint density at radius 3 is 2.60 bits per heavy atom. The third kappa shape index (κ3) is 1.24. The van der Waals surface area contributed by atoms with Gasteiger partial charge in [0.05, 0.1) is 6.10 Å². The molecule has 0 radical (unpaired) electrons. The van der Waals surface area contributed by atoms with E-state index in [9.17, 15) is 5.11 Å². The van der Waals surface area contributed by atoms with Crippen LogP contribution in [0.5, 0.6) is 0 Å². The summed E-state index contributed by atoms with van der Waals surface area (Å²) in [5, 5.41) is 9.55. The molecule has 0 aromatic carbocycles. The van der Waals surface area contributed by atoms with Gasteiger partial charge in [0.2, 0.25) is 0 Å². The molecule has 0 bridgehead atoms. The van der Waals surface area contributed by atoms with Crippen molar-refractivity contribution in [2.24, 2.45) is 11.8 Å². The number of rotatable bonds is 0. The third-order valence-electron chi connectivity index (χ3n) is 2.67. The summed E-state index contributed by atoms with van der Waals surface area (Å²) in [7, 11) is 0. The Morgan fingerprint density at radius 2 is 2.10 bits per heavy atom. The molecule has 3 atom stereocenters. The number of allylic oxidation sites excluding steroid dienone is 1. The molecule has 10 heavy (non-hydrogen) atoms. The Balaban J connectivity index is 2.71. The molecule has 3 unspecified atom stereocenters. The van der Waals surface area contributed by atoms with Crippen molar-refractivity contribution < 1.29 is 5.11 Å². The highest BCUT2D eigenvalue weighted by Crippen LogP contribution is 2.28. The van der Waals surface area contributed by atoms with Gasteiger partial charge in [0, 0.05) is 0 Å². The van der Waals surface area contributed by atoms with E-state index >= 15 is 0 Å². The lowest BCUT2D eigenvalue weighted by Crippen LogP contribution is -2.28. The molecule has 0 spiro atoms. The molecular weight excluding hydrogens is 124 g/mol. The van der Waals surface area contributed by atoms with Crippen LogP contribution in [0, 0.1) is 11.8 Å². The van der Waals surface area contributed by atoms with Gasteiger partial charge in [0.1, 0.15) is 0 Å². The highest BCUT2D eigenvalue weighted by atomic mass is 16.3. The Bertz CT molecular complexity index is 149. The lowest BCUT2D eigenvalue weighted by Gasteiger charge is -2.29. The highest BCUT2D eigenvalue weighted by molar-refractivity contribution is 5.10. The van der Waals surface area contributed by atoms with Crippen LogP contribution in [0.4, 0.5) is 0 Å². The third-order valence-corrected chi connectivity index (χ3v) is 2.67.